The number of rotatable bonds is 7. The molecule has 6 heteroatoms. The Morgan fingerprint density at radius 1 is 0.931 bits per heavy atom. The molecule has 146 valence electrons. The number of phenols is 1. The highest BCUT2D eigenvalue weighted by atomic mass is 16.5. The van der Waals surface area contributed by atoms with Crippen LogP contribution in [0.5, 0.6) is 11.5 Å². The summed E-state index contributed by atoms with van der Waals surface area (Å²) >= 11 is 0. The maximum absolute atomic E-state index is 12.2. The minimum atomic E-state index is -1.24. The van der Waals surface area contributed by atoms with E-state index in [0.29, 0.717) is 16.9 Å². The Bertz CT molecular complexity index is 1030. The Morgan fingerprint density at radius 2 is 1.66 bits per heavy atom. The first-order chi connectivity index (χ1) is 14.0. The van der Waals surface area contributed by atoms with E-state index in [2.05, 4.69) is 5.32 Å². The first-order valence-corrected chi connectivity index (χ1v) is 8.83. The second-order valence-electron chi connectivity index (χ2n) is 6.21. The molecule has 0 aliphatic rings. The molecule has 3 aromatic rings. The Morgan fingerprint density at radius 3 is 2.31 bits per heavy atom. The molecule has 3 rings (SSSR count). The zero-order valence-electron chi connectivity index (χ0n) is 15.4. The summed E-state index contributed by atoms with van der Waals surface area (Å²) in [6.07, 6.45) is 1.38. The van der Waals surface area contributed by atoms with E-state index in [1.165, 1.54) is 6.08 Å². The van der Waals surface area contributed by atoms with Gasteiger partial charge in [-0.25, -0.2) is 4.79 Å². The maximum atomic E-state index is 12.2. The van der Waals surface area contributed by atoms with Gasteiger partial charge in [-0.15, -0.1) is 0 Å². The van der Waals surface area contributed by atoms with Crippen LogP contribution in [0.15, 0.2) is 84.6 Å². The fourth-order valence-electron chi connectivity index (χ4n) is 2.58. The number of carboxylic acid groups (broad SMARTS) is 1. The minimum Gasteiger partial charge on any atom is -0.508 e. The van der Waals surface area contributed by atoms with E-state index >= 15 is 0 Å². The van der Waals surface area contributed by atoms with Crippen LogP contribution in [0.3, 0.4) is 0 Å². The van der Waals surface area contributed by atoms with Crippen LogP contribution >= 0.6 is 0 Å². The van der Waals surface area contributed by atoms with Crippen LogP contribution in [0.1, 0.15) is 21.5 Å². The van der Waals surface area contributed by atoms with Crippen molar-refractivity contribution in [3.8, 4) is 11.5 Å². The third-order valence-electron chi connectivity index (χ3n) is 4.02. The highest BCUT2D eigenvalue weighted by Crippen LogP contribution is 2.17. The monoisotopic (exact) mass is 389 g/mol. The average Bonchev–Trinajstić information content (AvgIpc) is 2.73. The number of hydrogen-bond donors (Lipinski definition) is 3. The van der Waals surface area contributed by atoms with Gasteiger partial charge in [-0.2, -0.15) is 0 Å². The molecule has 6 nitrogen and oxygen atoms in total. The minimum absolute atomic E-state index is 0.172. The van der Waals surface area contributed by atoms with Gasteiger partial charge in [0, 0.05) is 5.56 Å². The Hall–Kier alpha value is -4.06. The van der Waals surface area contributed by atoms with E-state index in [-0.39, 0.29) is 18.1 Å². The Labute approximate surface area is 167 Å². The molecule has 0 radical (unpaired) electrons. The van der Waals surface area contributed by atoms with E-state index in [4.69, 9.17) is 4.74 Å². The highest BCUT2D eigenvalue weighted by molar-refractivity contribution is 6.02. The summed E-state index contributed by atoms with van der Waals surface area (Å²) in [5.74, 6) is -0.968. The Balaban J connectivity index is 1.67. The van der Waals surface area contributed by atoms with Gasteiger partial charge in [0.2, 0.25) is 0 Å². The second-order valence-corrected chi connectivity index (χ2v) is 6.21. The third kappa shape index (κ3) is 5.71. The molecule has 3 N–H and O–H groups in total. The van der Waals surface area contributed by atoms with Crippen molar-refractivity contribution in [1.82, 2.24) is 5.32 Å². The number of benzene rings is 3. The van der Waals surface area contributed by atoms with Gasteiger partial charge in [-0.05, 0) is 53.6 Å². The summed E-state index contributed by atoms with van der Waals surface area (Å²) < 4.78 is 5.66. The number of aliphatic carboxylic acids is 1. The molecule has 0 aromatic heterocycles. The molecule has 3 aromatic carbocycles. The SMILES string of the molecule is O=C(O)/C(=C\c1ccc(OCc2cccc(O)c2)cc1)NC(=O)c1ccccc1. The van der Waals surface area contributed by atoms with Gasteiger partial charge in [0.15, 0.2) is 0 Å². The van der Waals surface area contributed by atoms with Crippen LogP contribution in [-0.2, 0) is 11.4 Å². The number of ether oxygens (including phenoxy) is 1. The molecule has 0 saturated heterocycles. The van der Waals surface area contributed by atoms with Gasteiger partial charge in [-0.1, -0.05) is 42.5 Å². The van der Waals surface area contributed by atoms with Crippen LogP contribution < -0.4 is 10.1 Å². The van der Waals surface area contributed by atoms with Crippen LogP contribution in [0.2, 0.25) is 0 Å². The predicted molar refractivity (Wildman–Crippen MR) is 108 cm³/mol. The van der Waals surface area contributed by atoms with Crippen molar-refractivity contribution < 1.29 is 24.5 Å². The summed E-state index contributed by atoms with van der Waals surface area (Å²) in [6, 6.07) is 21.9. The van der Waals surface area contributed by atoms with E-state index < -0.39 is 11.9 Å². The molecule has 29 heavy (non-hydrogen) atoms. The van der Waals surface area contributed by atoms with E-state index in [1.807, 2.05) is 6.07 Å². The van der Waals surface area contributed by atoms with Crippen LogP contribution in [0.25, 0.3) is 6.08 Å². The van der Waals surface area contributed by atoms with Gasteiger partial charge in [0.05, 0.1) is 0 Å². The number of carboxylic acids is 1. The summed E-state index contributed by atoms with van der Waals surface area (Å²) in [5, 5.41) is 21.3. The summed E-state index contributed by atoms with van der Waals surface area (Å²) in [5.41, 5.74) is 1.56. The van der Waals surface area contributed by atoms with Crippen molar-refractivity contribution >= 4 is 18.0 Å². The summed E-state index contributed by atoms with van der Waals surface area (Å²) in [6.45, 7) is 0.289. The number of carbonyl (C=O) groups excluding carboxylic acids is 1. The molecule has 1 amide bonds. The number of nitrogens with one attached hydrogen (secondary N) is 1. The van der Waals surface area contributed by atoms with Crippen molar-refractivity contribution in [2.24, 2.45) is 0 Å². The quantitative estimate of drug-likeness (QED) is 0.534. The fraction of sp³-hybridized carbons (Fsp3) is 0.0435. The van der Waals surface area contributed by atoms with Crippen molar-refractivity contribution in [2.45, 2.75) is 6.61 Å². The molecule has 0 unspecified atom stereocenters. The number of hydrogen-bond acceptors (Lipinski definition) is 4. The Kier molecular flexibility index (Phi) is 6.27. The fourth-order valence-corrected chi connectivity index (χ4v) is 2.58. The van der Waals surface area contributed by atoms with Crippen molar-refractivity contribution in [1.29, 1.82) is 0 Å². The molecule has 0 bridgehead atoms. The zero-order chi connectivity index (χ0) is 20.6. The molecule has 0 saturated carbocycles. The summed E-state index contributed by atoms with van der Waals surface area (Å²) in [4.78, 5) is 23.7. The van der Waals surface area contributed by atoms with Gasteiger partial charge in [0.1, 0.15) is 23.8 Å². The lowest BCUT2D eigenvalue weighted by atomic mass is 10.1. The van der Waals surface area contributed by atoms with Gasteiger partial charge < -0.3 is 20.3 Å². The third-order valence-corrected chi connectivity index (χ3v) is 4.02. The first kappa shape index (κ1) is 19.7. The van der Waals surface area contributed by atoms with Crippen molar-refractivity contribution in [3.63, 3.8) is 0 Å². The number of aromatic hydroxyl groups is 1. The van der Waals surface area contributed by atoms with Crippen LogP contribution in [0, 0.1) is 0 Å². The molecule has 0 atom stereocenters. The average molecular weight is 389 g/mol. The van der Waals surface area contributed by atoms with Crippen LogP contribution in [-0.4, -0.2) is 22.1 Å². The summed E-state index contributed by atoms with van der Waals surface area (Å²) in [7, 11) is 0. The van der Waals surface area contributed by atoms with Crippen molar-refractivity contribution in [3.05, 3.63) is 101 Å². The second kappa shape index (κ2) is 9.23. The van der Waals surface area contributed by atoms with Crippen LogP contribution in [0.4, 0.5) is 0 Å². The van der Waals surface area contributed by atoms with Crippen molar-refractivity contribution in [2.75, 3.05) is 0 Å². The van der Waals surface area contributed by atoms with E-state index in [9.17, 15) is 19.8 Å². The maximum Gasteiger partial charge on any atom is 0.352 e. The number of amides is 1. The molecular weight excluding hydrogens is 370 g/mol. The zero-order valence-corrected chi connectivity index (χ0v) is 15.4. The predicted octanol–water partition coefficient (Wildman–Crippen LogP) is 3.83. The van der Waals surface area contributed by atoms with Gasteiger partial charge in [-0.3, -0.25) is 4.79 Å². The van der Waals surface area contributed by atoms with Gasteiger partial charge >= 0.3 is 5.97 Å². The van der Waals surface area contributed by atoms with Gasteiger partial charge in [0.25, 0.3) is 5.91 Å². The molecule has 0 heterocycles. The molecule has 0 spiro atoms. The van der Waals surface area contributed by atoms with E-state index in [0.717, 1.165) is 5.56 Å². The van der Waals surface area contributed by atoms with E-state index in [1.54, 1.807) is 72.8 Å². The lowest BCUT2D eigenvalue weighted by Gasteiger charge is -2.08. The topological polar surface area (TPSA) is 95.9 Å². The first-order valence-electron chi connectivity index (χ1n) is 8.83. The smallest absolute Gasteiger partial charge is 0.352 e. The lowest BCUT2D eigenvalue weighted by Crippen LogP contribution is -2.27. The molecule has 0 aliphatic heterocycles. The normalized spacial score (nSPS) is 11.0. The molecule has 0 fully saturated rings. The number of carbonyl (C=O) groups is 2. The lowest BCUT2D eigenvalue weighted by molar-refractivity contribution is -0.132. The molecular formula is C23H19NO5. The highest BCUT2D eigenvalue weighted by Gasteiger charge is 2.13. The number of phenolic OH excluding ortho intramolecular Hbond substituents is 1. The largest absolute Gasteiger partial charge is 0.508 e. The molecule has 0 aliphatic carbocycles. The standard InChI is InChI=1S/C23H19NO5/c25-19-8-4-5-17(13-19)15-29-20-11-9-16(10-12-20)14-21(23(27)28)24-22(26)18-6-2-1-3-7-18/h1-14,25H,15H2,(H,24,26)(H,27,28)/b21-14+.